The van der Waals surface area contributed by atoms with Gasteiger partial charge in [0.1, 0.15) is 6.04 Å². The maximum atomic E-state index is 12.7. The van der Waals surface area contributed by atoms with E-state index in [0.717, 1.165) is 31.5 Å². The third kappa shape index (κ3) is 2.19. The maximum Gasteiger partial charge on any atom is 0.246 e. The Bertz CT molecular complexity index is 508. The Labute approximate surface area is 119 Å². The van der Waals surface area contributed by atoms with Crippen molar-refractivity contribution in [3.05, 3.63) is 35.9 Å². The number of benzene rings is 1. The molecule has 2 saturated heterocycles. The van der Waals surface area contributed by atoms with Crippen LogP contribution in [-0.4, -0.2) is 47.8 Å². The zero-order valence-corrected chi connectivity index (χ0v) is 11.8. The minimum atomic E-state index is -0.331. The quantitative estimate of drug-likeness (QED) is 0.821. The molecule has 2 aliphatic heterocycles. The number of likely N-dealkylation sites (tertiary alicyclic amines) is 2. The minimum Gasteiger partial charge on any atom is -0.341 e. The SMILES string of the molecule is CN1C(=O)C[C@H](c2ccccc2)[C@@H]1C(=O)N1CCCC1. The van der Waals surface area contributed by atoms with Gasteiger partial charge in [-0.1, -0.05) is 30.3 Å². The van der Waals surface area contributed by atoms with E-state index in [2.05, 4.69) is 0 Å². The van der Waals surface area contributed by atoms with Gasteiger partial charge in [0, 0.05) is 32.5 Å². The molecule has 2 aliphatic rings. The predicted molar refractivity (Wildman–Crippen MR) is 76.2 cm³/mol. The van der Waals surface area contributed by atoms with E-state index in [9.17, 15) is 9.59 Å². The van der Waals surface area contributed by atoms with Crippen LogP contribution in [0.1, 0.15) is 30.7 Å². The van der Waals surface area contributed by atoms with Crippen LogP contribution in [0, 0.1) is 0 Å². The van der Waals surface area contributed by atoms with Crippen molar-refractivity contribution in [3.63, 3.8) is 0 Å². The Morgan fingerprint density at radius 1 is 1.15 bits per heavy atom. The third-order valence-electron chi connectivity index (χ3n) is 4.48. The van der Waals surface area contributed by atoms with E-state index in [-0.39, 0.29) is 23.8 Å². The smallest absolute Gasteiger partial charge is 0.246 e. The van der Waals surface area contributed by atoms with Crippen molar-refractivity contribution in [2.24, 2.45) is 0 Å². The summed E-state index contributed by atoms with van der Waals surface area (Å²) in [6.07, 6.45) is 2.59. The van der Waals surface area contributed by atoms with Crippen LogP contribution < -0.4 is 0 Å². The normalized spacial score (nSPS) is 26.4. The van der Waals surface area contributed by atoms with Crippen molar-refractivity contribution in [3.8, 4) is 0 Å². The summed E-state index contributed by atoms with van der Waals surface area (Å²) in [7, 11) is 1.75. The third-order valence-corrected chi connectivity index (χ3v) is 4.48. The highest BCUT2D eigenvalue weighted by Crippen LogP contribution is 2.34. The van der Waals surface area contributed by atoms with Gasteiger partial charge in [0.25, 0.3) is 0 Å². The zero-order valence-electron chi connectivity index (χ0n) is 11.8. The standard InChI is InChI=1S/C16H20N2O2/c1-17-14(19)11-13(12-7-3-2-4-8-12)15(17)16(20)18-9-5-6-10-18/h2-4,7-8,13,15H,5-6,9-11H2,1H3/t13-,15-/m1/s1. The molecule has 1 aromatic carbocycles. The van der Waals surface area contributed by atoms with Gasteiger partial charge in [-0.05, 0) is 18.4 Å². The van der Waals surface area contributed by atoms with E-state index in [1.807, 2.05) is 35.2 Å². The number of hydrogen-bond donors (Lipinski definition) is 0. The molecule has 2 heterocycles. The largest absolute Gasteiger partial charge is 0.341 e. The fourth-order valence-corrected chi connectivity index (χ4v) is 3.33. The molecule has 1 aromatic rings. The molecule has 0 aliphatic carbocycles. The highest BCUT2D eigenvalue weighted by Gasteiger charge is 2.44. The topological polar surface area (TPSA) is 40.6 Å². The molecular weight excluding hydrogens is 252 g/mol. The van der Waals surface area contributed by atoms with Crippen LogP contribution in [0.2, 0.25) is 0 Å². The van der Waals surface area contributed by atoms with E-state index in [0.29, 0.717) is 6.42 Å². The molecule has 2 amide bonds. The summed E-state index contributed by atoms with van der Waals surface area (Å²) < 4.78 is 0. The van der Waals surface area contributed by atoms with Gasteiger partial charge in [0.15, 0.2) is 0 Å². The molecule has 0 N–H and O–H groups in total. The average Bonchev–Trinajstić information content (AvgIpc) is 3.09. The molecule has 0 bridgehead atoms. The fourth-order valence-electron chi connectivity index (χ4n) is 3.33. The molecule has 0 radical (unpaired) electrons. The first-order valence-corrected chi connectivity index (χ1v) is 7.28. The summed E-state index contributed by atoms with van der Waals surface area (Å²) in [5, 5.41) is 0. The molecule has 106 valence electrons. The van der Waals surface area contributed by atoms with E-state index in [4.69, 9.17) is 0 Å². The molecule has 4 nitrogen and oxygen atoms in total. The predicted octanol–water partition coefficient (Wildman–Crippen LogP) is 1.62. The molecule has 20 heavy (non-hydrogen) atoms. The Morgan fingerprint density at radius 2 is 1.80 bits per heavy atom. The van der Waals surface area contributed by atoms with Crippen LogP contribution in [0.25, 0.3) is 0 Å². The van der Waals surface area contributed by atoms with E-state index >= 15 is 0 Å². The first kappa shape index (κ1) is 13.2. The molecule has 0 saturated carbocycles. The van der Waals surface area contributed by atoms with Crippen molar-refractivity contribution in [2.75, 3.05) is 20.1 Å². The summed E-state index contributed by atoms with van der Waals surface area (Å²) in [6.45, 7) is 1.66. The first-order chi connectivity index (χ1) is 9.68. The second-order valence-electron chi connectivity index (χ2n) is 5.70. The molecule has 4 heteroatoms. The molecule has 0 aromatic heterocycles. The number of amides is 2. The van der Waals surface area contributed by atoms with Crippen LogP contribution in [0.3, 0.4) is 0 Å². The number of likely N-dealkylation sites (N-methyl/N-ethyl adjacent to an activating group) is 1. The molecule has 0 spiro atoms. The summed E-state index contributed by atoms with van der Waals surface area (Å²) in [5.74, 6) is 0.169. The Kier molecular flexibility index (Phi) is 3.47. The van der Waals surface area contributed by atoms with Crippen LogP contribution in [0.15, 0.2) is 30.3 Å². The van der Waals surface area contributed by atoms with Crippen molar-refractivity contribution >= 4 is 11.8 Å². The highest BCUT2D eigenvalue weighted by atomic mass is 16.2. The lowest BCUT2D eigenvalue weighted by Crippen LogP contribution is -2.46. The van der Waals surface area contributed by atoms with Crippen LogP contribution in [0.5, 0.6) is 0 Å². The lowest BCUT2D eigenvalue weighted by Gasteiger charge is -2.28. The van der Waals surface area contributed by atoms with Gasteiger partial charge in [-0.3, -0.25) is 9.59 Å². The number of carbonyl (C=O) groups excluding carboxylic acids is 2. The number of carbonyl (C=O) groups is 2. The first-order valence-electron chi connectivity index (χ1n) is 7.28. The highest BCUT2D eigenvalue weighted by molar-refractivity contribution is 5.92. The van der Waals surface area contributed by atoms with Crippen molar-refractivity contribution in [2.45, 2.75) is 31.2 Å². The summed E-state index contributed by atoms with van der Waals surface area (Å²) in [4.78, 5) is 28.3. The van der Waals surface area contributed by atoms with Gasteiger partial charge in [-0.15, -0.1) is 0 Å². The second-order valence-corrected chi connectivity index (χ2v) is 5.70. The Morgan fingerprint density at radius 3 is 2.45 bits per heavy atom. The summed E-state index contributed by atoms with van der Waals surface area (Å²) in [5.41, 5.74) is 1.09. The van der Waals surface area contributed by atoms with Gasteiger partial charge in [-0.2, -0.15) is 0 Å². The molecule has 2 fully saturated rings. The van der Waals surface area contributed by atoms with Crippen molar-refractivity contribution in [1.82, 2.24) is 9.80 Å². The number of rotatable bonds is 2. The van der Waals surface area contributed by atoms with Gasteiger partial charge in [-0.25, -0.2) is 0 Å². The second kappa shape index (κ2) is 5.27. The van der Waals surface area contributed by atoms with E-state index < -0.39 is 0 Å². The summed E-state index contributed by atoms with van der Waals surface area (Å²) in [6, 6.07) is 9.60. The van der Waals surface area contributed by atoms with Gasteiger partial charge in [0.2, 0.25) is 11.8 Å². The monoisotopic (exact) mass is 272 g/mol. The lowest BCUT2D eigenvalue weighted by molar-refractivity contribution is -0.139. The molecule has 0 unspecified atom stereocenters. The average molecular weight is 272 g/mol. The van der Waals surface area contributed by atoms with Crippen LogP contribution >= 0.6 is 0 Å². The zero-order chi connectivity index (χ0) is 14.1. The number of hydrogen-bond acceptors (Lipinski definition) is 2. The van der Waals surface area contributed by atoms with Gasteiger partial charge >= 0.3 is 0 Å². The van der Waals surface area contributed by atoms with Gasteiger partial charge in [0.05, 0.1) is 0 Å². The van der Waals surface area contributed by atoms with Crippen molar-refractivity contribution < 1.29 is 9.59 Å². The van der Waals surface area contributed by atoms with Crippen LogP contribution in [-0.2, 0) is 9.59 Å². The fraction of sp³-hybridized carbons (Fsp3) is 0.500. The Hall–Kier alpha value is -1.84. The Balaban J connectivity index is 1.88. The van der Waals surface area contributed by atoms with Crippen LogP contribution in [0.4, 0.5) is 0 Å². The molecular formula is C16H20N2O2. The van der Waals surface area contributed by atoms with E-state index in [1.165, 1.54) is 0 Å². The molecule has 3 rings (SSSR count). The van der Waals surface area contributed by atoms with Gasteiger partial charge < -0.3 is 9.80 Å². The van der Waals surface area contributed by atoms with Crippen molar-refractivity contribution in [1.29, 1.82) is 0 Å². The summed E-state index contributed by atoms with van der Waals surface area (Å²) >= 11 is 0. The number of nitrogens with zero attached hydrogens (tertiary/aromatic N) is 2. The molecule has 2 atom stereocenters. The van der Waals surface area contributed by atoms with E-state index in [1.54, 1.807) is 11.9 Å². The maximum absolute atomic E-state index is 12.7. The minimum absolute atomic E-state index is 0.0122. The lowest BCUT2D eigenvalue weighted by atomic mass is 9.91.